The Balaban J connectivity index is 1.91. The van der Waals surface area contributed by atoms with E-state index < -0.39 is 0 Å². The fourth-order valence-electron chi connectivity index (χ4n) is 2.09. The lowest BCUT2D eigenvalue weighted by Gasteiger charge is -2.27. The molecule has 1 fully saturated rings. The summed E-state index contributed by atoms with van der Waals surface area (Å²) in [6.45, 7) is 0.765. The van der Waals surface area contributed by atoms with Crippen molar-refractivity contribution in [3.8, 4) is 5.75 Å². The molecule has 0 bridgehead atoms. The van der Waals surface area contributed by atoms with E-state index in [1.165, 1.54) is 18.4 Å². The Kier molecular flexibility index (Phi) is 2.33. The Labute approximate surface area is 94.6 Å². The van der Waals surface area contributed by atoms with Crippen LogP contribution in [0.3, 0.4) is 0 Å². The second kappa shape index (κ2) is 3.69. The molecule has 0 radical (unpaired) electrons. The summed E-state index contributed by atoms with van der Waals surface area (Å²) in [6.07, 6.45) is 3.67. The Morgan fingerprint density at radius 1 is 1.27 bits per heavy atom. The fourth-order valence-corrected chi connectivity index (χ4v) is 2.33. The van der Waals surface area contributed by atoms with Crippen molar-refractivity contribution in [3.05, 3.63) is 28.8 Å². The van der Waals surface area contributed by atoms with Gasteiger partial charge in [0.25, 0.3) is 0 Å². The molecule has 3 rings (SSSR count). The fraction of sp³-hybridized carbons (Fsp3) is 0.500. The minimum absolute atomic E-state index is 0.431. The minimum atomic E-state index is 0.431. The monoisotopic (exact) mass is 223 g/mol. The standard InChI is InChI=1S/C12H14ClNO/c13-10-3-1-2-9-11(14-8-4-5-8)6-7-15-12(9)10/h1-3,8,11,14H,4-7H2. The van der Waals surface area contributed by atoms with Crippen LogP contribution in [0.25, 0.3) is 0 Å². The van der Waals surface area contributed by atoms with Crippen LogP contribution in [-0.2, 0) is 0 Å². The molecule has 1 aromatic rings. The average molecular weight is 224 g/mol. The van der Waals surface area contributed by atoms with Gasteiger partial charge in [0, 0.05) is 24.1 Å². The van der Waals surface area contributed by atoms with Crippen LogP contribution in [0.5, 0.6) is 5.75 Å². The summed E-state index contributed by atoms with van der Waals surface area (Å²) in [5.41, 5.74) is 1.22. The maximum atomic E-state index is 6.11. The highest BCUT2D eigenvalue weighted by molar-refractivity contribution is 6.32. The van der Waals surface area contributed by atoms with Crippen molar-refractivity contribution < 1.29 is 4.74 Å². The molecule has 0 saturated heterocycles. The van der Waals surface area contributed by atoms with Crippen molar-refractivity contribution >= 4 is 11.6 Å². The summed E-state index contributed by atoms with van der Waals surface area (Å²) >= 11 is 6.11. The van der Waals surface area contributed by atoms with Crippen LogP contribution in [0.15, 0.2) is 18.2 Å². The van der Waals surface area contributed by atoms with E-state index >= 15 is 0 Å². The van der Waals surface area contributed by atoms with Crippen LogP contribution < -0.4 is 10.1 Å². The highest BCUT2D eigenvalue weighted by atomic mass is 35.5. The van der Waals surface area contributed by atoms with Crippen molar-refractivity contribution in [3.63, 3.8) is 0 Å². The lowest BCUT2D eigenvalue weighted by atomic mass is 10.0. The molecule has 80 valence electrons. The highest BCUT2D eigenvalue weighted by Gasteiger charge is 2.29. The smallest absolute Gasteiger partial charge is 0.142 e. The van der Waals surface area contributed by atoms with E-state index in [9.17, 15) is 0 Å². The SMILES string of the molecule is Clc1cccc2c1OCCC2NC1CC1. The van der Waals surface area contributed by atoms with Gasteiger partial charge < -0.3 is 10.1 Å². The van der Waals surface area contributed by atoms with Gasteiger partial charge in [0.2, 0.25) is 0 Å². The van der Waals surface area contributed by atoms with Crippen LogP contribution >= 0.6 is 11.6 Å². The third-order valence-electron chi connectivity index (χ3n) is 3.04. The first-order valence-electron chi connectivity index (χ1n) is 5.52. The zero-order valence-electron chi connectivity index (χ0n) is 8.50. The van der Waals surface area contributed by atoms with Crippen molar-refractivity contribution in [1.29, 1.82) is 0 Å². The first-order valence-corrected chi connectivity index (χ1v) is 5.89. The number of benzene rings is 1. The quantitative estimate of drug-likeness (QED) is 0.833. The molecule has 1 heterocycles. The molecule has 1 aromatic carbocycles. The number of hydrogen-bond acceptors (Lipinski definition) is 2. The van der Waals surface area contributed by atoms with Gasteiger partial charge in [-0.05, 0) is 18.9 Å². The zero-order chi connectivity index (χ0) is 10.3. The lowest BCUT2D eigenvalue weighted by Crippen LogP contribution is -2.28. The van der Waals surface area contributed by atoms with E-state index in [0.717, 1.165) is 29.8 Å². The number of ether oxygens (including phenoxy) is 1. The Hall–Kier alpha value is -0.730. The summed E-state index contributed by atoms with van der Waals surface area (Å²) in [6, 6.07) is 7.15. The van der Waals surface area contributed by atoms with Crippen molar-refractivity contribution in [2.75, 3.05) is 6.61 Å². The molecule has 2 aliphatic rings. The summed E-state index contributed by atoms with van der Waals surface area (Å²) in [5, 5.41) is 4.37. The molecular weight excluding hydrogens is 210 g/mol. The third-order valence-corrected chi connectivity index (χ3v) is 3.34. The van der Waals surface area contributed by atoms with Crippen LogP contribution in [0.1, 0.15) is 30.9 Å². The molecule has 0 spiro atoms. The third kappa shape index (κ3) is 1.84. The molecule has 1 aliphatic carbocycles. The molecule has 1 saturated carbocycles. The van der Waals surface area contributed by atoms with Gasteiger partial charge in [-0.1, -0.05) is 23.7 Å². The summed E-state index contributed by atoms with van der Waals surface area (Å²) in [4.78, 5) is 0. The van der Waals surface area contributed by atoms with Gasteiger partial charge in [0.15, 0.2) is 0 Å². The van der Waals surface area contributed by atoms with E-state index in [4.69, 9.17) is 16.3 Å². The number of nitrogens with one attached hydrogen (secondary N) is 1. The minimum Gasteiger partial charge on any atom is -0.492 e. The van der Waals surface area contributed by atoms with Crippen LogP contribution in [-0.4, -0.2) is 12.6 Å². The lowest BCUT2D eigenvalue weighted by molar-refractivity contribution is 0.252. The Morgan fingerprint density at radius 3 is 2.93 bits per heavy atom. The topological polar surface area (TPSA) is 21.3 Å². The van der Waals surface area contributed by atoms with Crippen LogP contribution in [0.4, 0.5) is 0 Å². The molecule has 1 atom stereocenters. The Bertz CT molecular complexity index is 376. The van der Waals surface area contributed by atoms with Gasteiger partial charge in [-0.25, -0.2) is 0 Å². The maximum Gasteiger partial charge on any atom is 0.142 e. The predicted molar refractivity (Wildman–Crippen MR) is 60.5 cm³/mol. The summed E-state index contributed by atoms with van der Waals surface area (Å²) in [5.74, 6) is 0.878. The van der Waals surface area contributed by atoms with E-state index in [1.54, 1.807) is 0 Å². The first-order chi connectivity index (χ1) is 7.34. The summed E-state index contributed by atoms with van der Waals surface area (Å²) < 4.78 is 5.61. The van der Waals surface area contributed by atoms with Crippen molar-refractivity contribution in [2.24, 2.45) is 0 Å². The van der Waals surface area contributed by atoms with Gasteiger partial charge in [0.1, 0.15) is 5.75 Å². The molecule has 0 amide bonds. The molecule has 3 heteroatoms. The second-order valence-corrected chi connectivity index (χ2v) is 4.70. The molecule has 0 aromatic heterocycles. The average Bonchev–Trinajstić information content (AvgIpc) is 3.04. The number of fused-ring (bicyclic) bond motifs is 1. The molecular formula is C12H14ClNO. The van der Waals surface area contributed by atoms with Gasteiger partial charge in [-0.15, -0.1) is 0 Å². The van der Waals surface area contributed by atoms with Gasteiger partial charge in [-0.2, -0.15) is 0 Å². The Morgan fingerprint density at radius 2 is 2.13 bits per heavy atom. The van der Waals surface area contributed by atoms with Crippen molar-refractivity contribution in [2.45, 2.75) is 31.3 Å². The molecule has 15 heavy (non-hydrogen) atoms. The van der Waals surface area contributed by atoms with Gasteiger partial charge in [0.05, 0.1) is 11.6 Å². The molecule has 1 aliphatic heterocycles. The van der Waals surface area contributed by atoms with Gasteiger partial charge in [-0.3, -0.25) is 0 Å². The van der Waals surface area contributed by atoms with Crippen LogP contribution in [0, 0.1) is 0 Å². The summed E-state index contributed by atoms with van der Waals surface area (Å²) in [7, 11) is 0. The number of rotatable bonds is 2. The van der Waals surface area contributed by atoms with E-state index in [0.29, 0.717) is 6.04 Å². The number of para-hydroxylation sites is 1. The normalized spacial score (nSPS) is 24.5. The zero-order valence-corrected chi connectivity index (χ0v) is 9.26. The molecule has 1 unspecified atom stereocenters. The highest BCUT2D eigenvalue weighted by Crippen LogP contribution is 2.38. The largest absolute Gasteiger partial charge is 0.492 e. The van der Waals surface area contributed by atoms with Crippen LogP contribution in [0.2, 0.25) is 5.02 Å². The predicted octanol–water partition coefficient (Wildman–Crippen LogP) is 2.92. The number of hydrogen-bond donors (Lipinski definition) is 1. The van der Waals surface area contributed by atoms with E-state index in [-0.39, 0.29) is 0 Å². The first kappa shape index (κ1) is 9.49. The van der Waals surface area contributed by atoms with E-state index in [1.807, 2.05) is 12.1 Å². The van der Waals surface area contributed by atoms with Gasteiger partial charge >= 0.3 is 0 Å². The maximum absolute atomic E-state index is 6.11. The van der Waals surface area contributed by atoms with Crippen molar-refractivity contribution in [1.82, 2.24) is 5.32 Å². The van der Waals surface area contributed by atoms with E-state index in [2.05, 4.69) is 11.4 Å². The molecule has 2 nitrogen and oxygen atoms in total. The molecule has 1 N–H and O–H groups in total. The second-order valence-electron chi connectivity index (χ2n) is 4.29. The number of halogens is 1.